The van der Waals surface area contributed by atoms with Crippen molar-refractivity contribution in [3.05, 3.63) is 59.2 Å². The maximum atomic E-state index is 11.3. The first kappa shape index (κ1) is 18.3. The number of nitriles is 1. The summed E-state index contributed by atoms with van der Waals surface area (Å²) in [5, 5.41) is 11.2. The molecular weight excluding hydrogens is 316 g/mol. The van der Waals surface area contributed by atoms with Gasteiger partial charge in [-0.3, -0.25) is 4.79 Å². The number of hydrogen-bond acceptors (Lipinski definition) is 4. The molecular formula is C20H22N2O3. The lowest BCUT2D eigenvalue weighted by Gasteiger charge is -2.11. The summed E-state index contributed by atoms with van der Waals surface area (Å²) >= 11 is 0. The van der Waals surface area contributed by atoms with Gasteiger partial charge in [-0.05, 0) is 54.8 Å². The summed E-state index contributed by atoms with van der Waals surface area (Å²) in [5.74, 6) is 1.28. The van der Waals surface area contributed by atoms with Crippen LogP contribution < -0.4 is 14.8 Å². The molecule has 0 saturated heterocycles. The van der Waals surface area contributed by atoms with Gasteiger partial charge in [0.05, 0.1) is 6.07 Å². The molecule has 0 bridgehead atoms. The largest absolute Gasteiger partial charge is 0.490 e. The van der Waals surface area contributed by atoms with Crippen LogP contribution in [0.5, 0.6) is 11.5 Å². The van der Waals surface area contributed by atoms with Gasteiger partial charge in [-0.2, -0.15) is 5.26 Å². The molecule has 0 radical (unpaired) electrons. The Morgan fingerprint density at radius 2 is 1.72 bits per heavy atom. The highest BCUT2D eigenvalue weighted by Gasteiger charge is 2.02. The fraction of sp³-hybridized carbons (Fsp3) is 0.300. The second-order valence-corrected chi connectivity index (χ2v) is 5.78. The van der Waals surface area contributed by atoms with Gasteiger partial charge in [0.1, 0.15) is 31.1 Å². The molecule has 5 nitrogen and oxygen atoms in total. The number of ether oxygens (including phenoxy) is 2. The van der Waals surface area contributed by atoms with E-state index in [1.165, 1.54) is 11.1 Å². The summed E-state index contributed by atoms with van der Waals surface area (Å²) in [6.45, 7) is 5.33. The van der Waals surface area contributed by atoms with E-state index in [1.807, 2.05) is 56.3 Å². The van der Waals surface area contributed by atoms with E-state index in [9.17, 15) is 4.79 Å². The Bertz CT molecular complexity index is 746. The molecule has 130 valence electrons. The summed E-state index contributed by atoms with van der Waals surface area (Å²) in [6.07, 6.45) is -0.133. The summed E-state index contributed by atoms with van der Waals surface area (Å²) in [6, 6.07) is 15.4. The van der Waals surface area contributed by atoms with E-state index < -0.39 is 0 Å². The van der Waals surface area contributed by atoms with Crippen LogP contribution in [0.2, 0.25) is 0 Å². The molecule has 0 aliphatic carbocycles. The minimum absolute atomic E-state index is 0.133. The highest BCUT2D eigenvalue weighted by atomic mass is 16.5. The van der Waals surface area contributed by atoms with E-state index in [2.05, 4.69) is 11.4 Å². The van der Waals surface area contributed by atoms with Gasteiger partial charge < -0.3 is 14.8 Å². The molecule has 1 amide bonds. The Hall–Kier alpha value is -3.00. The molecule has 2 rings (SSSR count). The van der Waals surface area contributed by atoms with E-state index in [4.69, 9.17) is 14.7 Å². The lowest BCUT2D eigenvalue weighted by atomic mass is 10.1. The highest BCUT2D eigenvalue weighted by molar-refractivity contribution is 5.77. The van der Waals surface area contributed by atoms with Gasteiger partial charge in [0, 0.05) is 6.54 Å². The van der Waals surface area contributed by atoms with Gasteiger partial charge in [-0.15, -0.1) is 0 Å². The minimum atomic E-state index is -0.282. The number of amides is 1. The molecule has 5 heteroatoms. The predicted molar refractivity (Wildman–Crippen MR) is 95.4 cm³/mol. The molecule has 1 N–H and O–H groups in total. The van der Waals surface area contributed by atoms with Crippen molar-refractivity contribution in [1.29, 1.82) is 5.26 Å². The fourth-order valence-electron chi connectivity index (χ4n) is 2.42. The van der Waals surface area contributed by atoms with E-state index in [-0.39, 0.29) is 12.3 Å². The van der Waals surface area contributed by atoms with Crippen molar-refractivity contribution in [2.24, 2.45) is 0 Å². The monoisotopic (exact) mass is 338 g/mol. The quantitative estimate of drug-likeness (QED) is 0.750. The van der Waals surface area contributed by atoms with Crippen LogP contribution >= 0.6 is 0 Å². The maximum absolute atomic E-state index is 11.3. The summed E-state index contributed by atoms with van der Waals surface area (Å²) < 4.78 is 11.4. The minimum Gasteiger partial charge on any atom is -0.490 e. The van der Waals surface area contributed by atoms with Gasteiger partial charge in [0.25, 0.3) is 0 Å². The molecule has 0 aliphatic heterocycles. The third kappa shape index (κ3) is 6.56. The third-order valence-corrected chi connectivity index (χ3v) is 3.44. The first-order chi connectivity index (χ1) is 12.1. The standard InChI is InChI=1S/C20H22N2O3/c1-15-10-16(2)12-19(11-15)25-9-8-24-18-5-3-4-17(13-18)14-22-20(23)6-7-21/h3-5,10-13H,6,8-9,14H2,1-2H3,(H,22,23). The molecule has 2 aromatic carbocycles. The Balaban J connectivity index is 1.78. The molecule has 0 aliphatic rings. The number of nitrogens with one attached hydrogen (secondary N) is 1. The van der Waals surface area contributed by atoms with Crippen LogP contribution in [0.1, 0.15) is 23.1 Å². The Morgan fingerprint density at radius 3 is 2.40 bits per heavy atom. The lowest BCUT2D eigenvalue weighted by Crippen LogP contribution is -2.21. The first-order valence-electron chi connectivity index (χ1n) is 8.13. The maximum Gasteiger partial charge on any atom is 0.234 e. The SMILES string of the molecule is Cc1cc(C)cc(OCCOc2cccc(CNC(=O)CC#N)c2)c1. The van der Waals surface area contributed by atoms with Crippen LogP contribution in [-0.4, -0.2) is 19.1 Å². The normalized spacial score (nSPS) is 9.96. The van der Waals surface area contributed by atoms with Crippen molar-refractivity contribution in [3.8, 4) is 17.6 Å². The molecule has 25 heavy (non-hydrogen) atoms. The number of nitrogens with zero attached hydrogens (tertiary/aromatic N) is 1. The molecule has 2 aromatic rings. The Kier molecular flexibility index (Phi) is 6.85. The van der Waals surface area contributed by atoms with Gasteiger partial charge in [-0.25, -0.2) is 0 Å². The van der Waals surface area contributed by atoms with Gasteiger partial charge >= 0.3 is 0 Å². The van der Waals surface area contributed by atoms with Crippen LogP contribution in [0.25, 0.3) is 0 Å². The van der Waals surface area contributed by atoms with Crippen LogP contribution in [0.15, 0.2) is 42.5 Å². The topological polar surface area (TPSA) is 71.3 Å². The number of aryl methyl sites for hydroxylation is 2. The van der Waals surface area contributed by atoms with Crippen LogP contribution in [0.3, 0.4) is 0 Å². The van der Waals surface area contributed by atoms with E-state index in [0.29, 0.717) is 19.8 Å². The number of benzene rings is 2. The van der Waals surface area contributed by atoms with Crippen LogP contribution in [-0.2, 0) is 11.3 Å². The molecule has 0 unspecified atom stereocenters. The zero-order valence-electron chi connectivity index (χ0n) is 14.5. The van der Waals surface area contributed by atoms with Crippen molar-refractivity contribution in [3.63, 3.8) is 0 Å². The second kappa shape index (κ2) is 9.33. The number of hydrogen-bond donors (Lipinski definition) is 1. The zero-order chi connectivity index (χ0) is 18.1. The van der Waals surface area contributed by atoms with Crippen molar-refractivity contribution in [2.75, 3.05) is 13.2 Å². The van der Waals surface area contributed by atoms with Gasteiger partial charge in [0.2, 0.25) is 5.91 Å². The third-order valence-electron chi connectivity index (χ3n) is 3.44. The first-order valence-corrected chi connectivity index (χ1v) is 8.13. The van der Waals surface area contributed by atoms with E-state index >= 15 is 0 Å². The molecule has 0 spiro atoms. The molecule has 0 saturated carbocycles. The van der Waals surface area contributed by atoms with Crippen LogP contribution in [0.4, 0.5) is 0 Å². The average molecular weight is 338 g/mol. The second-order valence-electron chi connectivity index (χ2n) is 5.78. The van der Waals surface area contributed by atoms with Crippen molar-refractivity contribution >= 4 is 5.91 Å². The number of carbonyl (C=O) groups excluding carboxylic acids is 1. The lowest BCUT2D eigenvalue weighted by molar-refractivity contribution is -0.120. The molecule has 0 heterocycles. The van der Waals surface area contributed by atoms with Gasteiger partial charge in [-0.1, -0.05) is 18.2 Å². The molecule has 0 atom stereocenters. The Morgan fingerprint density at radius 1 is 1.04 bits per heavy atom. The summed E-state index contributed by atoms with van der Waals surface area (Å²) in [7, 11) is 0. The van der Waals surface area contributed by atoms with E-state index in [0.717, 1.165) is 17.1 Å². The zero-order valence-corrected chi connectivity index (χ0v) is 14.5. The number of rotatable bonds is 8. The van der Waals surface area contributed by atoms with E-state index in [1.54, 1.807) is 0 Å². The van der Waals surface area contributed by atoms with Crippen molar-refractivity contribution in [1.82, 2.24) is 5.32 Å². The summed E-state index contributed by atoms with van der Waals surface area (Å²) in [4.78, 5) is 11.3. The van der Waals surface area contributed by atoms with Crippen molar-refractivity contribution < 1.29 is 14.3 Å². The fourth-order valence-corrected chi connectivity index (χ4v) is 2.42. The van der Waals surface area contributed by atoms with Gasteiger partial charge in [0.15, 0.2) is 0 Å². The summed E-state index contributed by atoms with van der Waals surface area (Å²) in [5.41, 5.74) is 3.25. The number of carbonyl (C=O) groups is 1. The molecule has 0 aromatic heterocycles. The molecule has 0 fully saturated rings. The smallest absolute Gasteiger partial charge is 0.234 e. The van der Waals surface area contributed by atoms with Crippen molar-refractivity contribution in [2.45, 2.75) is 26.8 Å². The Labute approximate surface area is 148 Å². The predicted octanol–water partition coefficient (Wildman–Crippen LogP) is 3.29. The van der Waals surface area contributed by atoms with Crippen LogP contribution in [0, 0.1) is 25.2 Å². The highest BCUT2D eigenvalue weighted by Crippen LogP contribution is 2.17. The average Bonchev–Trinajstić information content (AvgIpc) is 2.57.